The summed E-state index contributed by atoms with van der Waals surface area (Å²) in [5.74, 6) is 1.30. The molecule has 2 heteroatoms. The summed E-state index contributed by atoms with van der Waals surface area (Å²) in [4.78, 5) is 0. The van der Waals surface area contributed by atoms with Crippen LogP contribution in [0.5, 0.6) is 0 Å². The van der Waals surface area contributed by atoms with Gasteiger partial charge in [0.1, 0.15) is 0 Å². The number of rotatable bonds is 3. The highest BCUT2D eigenvalue weighted by atomic mass is 32.2. The number of hydrogen-bond acceptors (Lipinski definition) is 2. The first kappa shape index (κ1) is 12.0. The van der Waals surface area contributed by atoms with Crippen LogP contribution in [0.2, 0.25) is 0 Å². The van der Waals surface area contributed by atoms with Crippen molar-refractivity contribution < 1.29 is 0 Å². The molecular formula is C14H21NS. The lowest BCUT2D eigenvalue weighted by atomic mass is 10.0. The lowest BCUT2D eigenvalue weighted by molar-refractivity contribution is 0.454. The average Bonchev–Trinajstić information content (AvgIpc) is 2.64. The summed E-state index contributed by atoms with van der Waals surface area (Å²) in [5, 5.41) is 4.51. The fourth-order valence-corrected chi connectivity index (χ4v) is 3.52. The molecule has 0 radical (unpaired) electrons. The molecule has 2 unspecified atom stereocenters. The number of aryl methyl sites for hydroxylation is 1. The van der Waals surface area contributed by atoms with Crippen LogP contribution in [0.25, 0.3) is 0 Å². The van der Waals surface area contributed by atoms with Gasteiger partial charge < -0.3 is 5.32 Å². The number of thioether (sulfide) groups is 1. The summed E-state index contributed by atoms with van der Waals surface area (Å²) < 4.78 is 0. The summed E-state index contributed by atoms with van der Waals surface area (Å²) >= 11 is 2.08. The monoisotopic (exact) mass is 235 g/mol. The minimum absolute atomic E-state index is 0.464. The number of hydrogen-bond donors (Lipinski definition) is 1. The van der Waals surface area contributed by atoms with Crippen molar-refractivity contribution in [3.8, 4) is 0 Å². The van der Waals surface area contributed by atoms with E-state index < -0.39 is 0 Å². The van der Waals surface area contributed by atoms with E-state index >= 15 is 0 Å². The summed E-state index contributed by atoms with van der Waals surface area (Å²) in [6.45, 7) is 6.76. The van der Waals surface area contributed by atoms with Gasteiger partial charge in [-0.2, -0.15) is 11.8 Å². The topological polar surface area (TPSA) is 12.0 Å². The largest absolute Gasteiger partial charge is 0.306 e. The molecule has 0 bridgehead atoms. The third-order valence-electron chi connectivity index (χ3n) is 3.38. The zero-order valence-corrected chi connectivity index (χ0v) is 11.2. The van der Waals surface area contributed by atoms with Gasteiger partial charge in [-0.25, -0.2) is 0 Å². The maximum Gasteiger partial charge on any atom is 0.0294 e. The van der Waals surface area contributed by atoms with E-state index in [1.807, 2.05) is 0 Å². The molecule has 0 amide bonds. The van der Waals surface area contributed by atoms with Gasteiger partial charge in [-0.3, -0.25) is 0 Å². The molecule has 0 aliphatic carbocycles. The summed E-state index contributed by atoms with van der Waals surface area (Å²) in [5.41, 5.74) is 2.75. The molecule has 2 rings (SSSR count). The van der Waals surface area contributed by atoms with Gasteiger partial charge in [-0.05, 0) is 31.6 Å². The normalized spacial score (nSPS) is 26.9. The molecule has 1 aliphatic rings. The van der Waals surface area contributed by atoms with Gasteiger partial charge in [-0.1, -0.05) is 36.8 Å². The van der Waals surface area contributed by atoms with Gasteiger partial charge >= 0.3 is 0 Å². The molecule has 1 N–H and O–H groups in total. The van der Waals surface area contributed by atoms with Crippen LogP contribution in [-0.4, -0.2) is 17.0 Å². The summed E-state index contributed by atoms with van der Waals surface area (Å²) in [7, 11) is 0. The molecule has 3 atom stereocenters. The highest BCUT2D eigenvalue weighted by molar-refractivity contribution is 8.00. The van der Waals surface area contributed by atoms with Crippen molar-refractivity contribution in [2.45, 2.75) is 44.5 Å². The average molecular weight is 235 g/mol. The lowest BCUT2D eigenvalue weighted by Gasteiger charge is -2.22. The van der Waals surface area contributed by atoms with E-state index in [1.165, 1.54) is 23.3 Å². The van der Waals surface area contributed by atoms with Crippen LogP contribution in [0.4, 0.5) is 0 Å². The van der Waals surface area contributed by atoms with Crippen LogP contribution < -0.4 is 5.32 Å². The molecule has 0 aromatic heterocycles. The fourth-order valence-electron chi connectivity index (χ4n) is 2.31. The van der Waals surface area contributed by atoms with Crippen LogP contribution >= 0.6 is 11.8 Å². The predicted octanol–water partition coefficient (Wildman–Crippen LogP) is 3.54. The molecular weight excluding hydrogens is 214 g/mol. The molecule has 1 aromatic carbocycles. The first-order valence-electron chi connectivity index (χ1n) is 6.11. The van der Waals surface area contributed by atoms with Gasteiger partial charge in [-0.15, -0.1) is 0 Å². The molecule has 1 nitrogen and oxygen atoms in total. The minimum atomic E-state index is 0.464. The Labute approximate surface area is 103 Å². The standard InChI is InChI=1S/C14H21NS/c1-10-5-4-6-13(9-10)11(2)15-14-7-8-16-12(14)3/h4-6,9,11-12,14-15H,7-8H2,1-3H3/t11-,12?,14?/m1/s1. The second-order valence-corrected chi connectivity index (χ2v) is 6.26. The SMILES string of the molecule is Cc1cccc([C@@H](C)NC2CCSC2C)c1. The van der Waals surface area contributed by atoms with Crippen molar-refractivity contribution in [2.24, 2.45) is 0 Å². The number of nitrogens with one attached hydrogen (secondary N) is 1. The Bertz CT molecular complexity index is 350. The van der Waals surface area contributed by atoms with Crippen LogP contribution in [0.3, 0.4) is 0 Å². The molecule has 88 valence electrons. The summed E-state index contributed by atoms with van der Waals surface area (Å²) in [6.07, 6.45) is 1.31. The summed E-state index contributed by atoms with van der Waals surface area (Å²) in [6, 6.07) is 9.95. The van der Waals surface area contributed by atoms with Gasteiger partial charge in [0.05, 0.1) is 0 Å². The fraction of sp³-hybridized carbons (Fsp3) is 0.571. The van der Waals surface area contributed by atoms with Crippen LogP contribution in [0.15, 0.2) is 24.3 Å². The maximum absolute atomic E-state index is 3.75. The van der Waals surface area contributed by atoms with Gasteiger partial charge in [0.2, 0.25) is 0 Å². The predicted molar refractivity (Wildman–Crippen MR) is 73.1 cm³/mol. The molecule has 16 heavy (non-hydrogen) atoms. The minimum Gasteiger partial charge on any atom is -0.306 e. The molecule has 0 spiro atoms. The second-order valence-electron chi connectivity index (χ2n) is 4.77. The molecule has 1 aliphatic heterocycles. The molecule has 0 saturated carbocycles. The quantitative estimate of drug-likeness (QED) is 0.860. The van der Waals surface area contributed by atoms with E-state index in [0.29, 0.717) is 12.1 Å². The van der Waals surface area contributed by atoms with Gasteiger partial charge in [0, 0.05) is 17.3 Å². The van der Waals surface area contributed by atoms with Crippen molar-refractivity contribution in [1.82, 2.24) is 5.32 Å². The third kappa shape index (κ3) is 2.80. The van der Waals surface area contributed by atoms with E-state index in [0.717, 1.165) is 5.25 Å². The molecule has 1 heterocycles. The Balaban J connectivity index is 1.99. The zero-order chi connectivity index (χ0) is 11.5. The Morgan fingerprint density at radius 3 is 2.88 bits per heavy atom. The molecule has 1 aromatic rings. The molecule has 1 fully saturated rings. The highest BCUT2D eigenvalue weighted by Crippen LogP contribution is 2.28. The van der Waals surface area contributed by atoms with Gasteiger partial charge in [0.25, 0.3) is 0 Å². The third-order valence-corrected chi connectivity index (χ3v) is 4.71. The van der Waals surface area contributed by atoms with Crippen LogP contribution in [0.1, 0.15) is 37.4 Å². The maximum atomic E-state index is 3.75. The van der Waals surface area contributed by atoms with E-state index in [4.69, 9.17) is 0 Å². The highest BCUT2D eigenvalue weighted by Gasteiger charge is 2.25. The van der Waals surface area contributed by atoms with Crippen molar-refractivity contribution in [3.63, 3.8) is 0 Å². The number of benzene rings is 1. The van der Waals surface area contributed by atoms with Crippen molar-refractivity contribution in [2.75, 3.05) is 5.75 Å². The Morgan fingerprint density at radius 1 is 1.44 bits per heavy atom. The smallest absolute Gasteiger partial charge is 0.0294 e. The Morgan fingerprint density at radius 2 is 2.25 bits per heavy atom. The van der Waals surface area contributed by atoms with Crippen molar-refractivity contribution in [3.05, 3.63) is 35.4 Å². The van der Waals surface area contributed by atoms with E-state index in [-0.39, 0.29) is 0 Å². The molecule has 1 saturated heterocycles. The van der Waals surface area contributed by atoms with Crippen LogP contribution in [0, 0.1) is 6.92 Å². The van der Waals surface area contributed by atoms with E-state index in [9.17, 15) is 0 Å². The first-order valence-corrected chi connectivity index (χ1v) is 7.16. The second kappa shape index (κ2) is 5.24. The van der Waals surface area contributed by atoms with E-state index in [2.05, 4.69) is 62.1 Å². The zero-order valence-electron chi connectivity index (χ0n) is 10.4. The van der Waals surface area contributed by atoms with E-state index in [1.54, 1.807) is 0 Å². The van der Waals surface area contributed by atoms with Crippen molar-refractivity contribution in [1.29, 1.82) is 0 Å². The first-order chi connectivity index (χ1) is 7.66. The Hall–Kier alpha value is -0.470. The van der Waals surface area contributed by atoms with Crippen LogP contribution in [-0.2, 0) is 0 Å². The van der Waals surface area contributed by atoms with Crippen molar-refractivity contribution >= 4 is 11.8 Å². The van der Waals surface area contributed by atoms with Gasteiger partial charge in [0.15, 0.2) is 0 Å². The lowest BCUT2D eigenvalue weighted by Crippen LogP contribution is -2.35. The Kier molecular flexibility index (Phi) is 3.93.